The van der Waals surface area contributed by atoms with E-state index in [0.717, 1.165) is 26.1 Å². The topological polar surface area (TPSA) is 46.2 Å². The highest BCUT2D eigenvalue weighted by Gasteiger charge is 1.98. The van der Waals surface area contributed by atoms with Crippen LogP contribution in [0.1, 0.15) is 59.3 Å². The van der Waals surface area contributed by atoms with Crippen LogP contribution in [0.3, 0.4) is 0 Å². The normalized spacial score (nSPS) is 12.6. The van der Waals surface area contributed by atoms with Crippen molar-refractivity contribution in [3.8, 4) is 0 Å². The molecule has 25 heavy (non-hydrogen) atoms. The van der Waals surface area contributed by atoms with Gasteiger partial charge in [0.15, 0.2) is 0 Å². The van der Waals surface area contributed by atoms with E-state index < -0.39 is 0 Å². The fraction of sp³-hybridized carbons (Fsp3) is 1.00. The lowest BCUT2D eigenvalue weighted by atomic mass is 10.1. The van der Waals surface area contributed by atoms with Crippen LogP contribution in [0.4, 0.5) is 0 Å². The second-order valence-corrected chi connectivity index (χ2v) is 6.45. The minimum Gasteiger partial charge on any atom is -0.379 e. The third kappa shape index (κ3) is 21.8. The Bertz CT molecular complexity index is 238. The zero-order valence-corrected chi connectivity index (χ0v) is 16.9. The lowest BCUT2D eigenvalue weighted by Gasteiger charge is -2.10. The monoisotopic (exact) mass is 362 g/mol. The lowest BCUT2D eigenvalue weighted by Crippen LogP contribution is -2.14. The molecule has 0 aliphatic heterocycles. The van der Waals surface area contributed by atoms with Crippen molar-refractivity contribution < 1.29 is 23.7 Å². The van der Waals surface area contributed by atoms with Crippen molar-refractivity contribution in [2.45, 2.75) is 59.3 Å². The molecule has 1 unspecified atom stereocenters. The first-order valence-electron chi connectivity index (χ1n) is 10.2. The summed E-state index contributed by atoms with van der Waals surface area (Å²) >= 11 is 0. The molecule has 5 heteroatoms. The van der Waals surface area contributed by atoms with Crippen molar-refractivity contribution in [1.82, 2.24) is 0 Å². The molecule has 0 amide bonds. The quantitative estimate of drug-likeness (QED) is 0.288. The summed E-state index contributed by atoms with van der Waals surface area (Å²) in [5.74, 6) is 0.625. The molecule has 0 saturated heterocycles. The van der Waals surface area contributed by atoms with Gasteiger partial charge in [-0.05, 0) is 12.3 Å². The Morgan fingerprint density at radius 3 is 1.44 bits per heavy atom. The van der Waals surface area contributed by atoms with Gasteiger partial charge in [0.2, 0.25) is 0 Å². The summed E-state index contributed by atoms with van der Waals surface area (Å²) in [7, 11) is 0. The SMILES string of the molecule is CCCCCCCOCCOCCOCCOCCOCC(C)CC. The van der Waals surface area contributed by atoms with Crippen LogP contribution in [-0.2, 0) is 23.7 Å². The van der Waals surface area contributed by atoms with Crippen LogP contribution in [0.25, 0.3) is 0 Å². The van der Waals surface area contributed by atoms with E-state index in [1.165, 1.54) is 25.7 Å². The van der Waals surface area contributed by atoms with Gasteiger partial charge < -0.3 is 23.7 Å². The Morgan fingerprint density at radius 1 is 0.520 bits per heavy atom. The van der Waals surface area contributed by atoms with Crippen LogP contribution in [0.5, 0.6) is 0 Å². The molecule has 0 spiro atoms. The van der Waals surface area contributed by atoms with Gasteiger partial charge in [-0.2, -0.15) is 0 Å². The maximum absolute atomic E-state index is 5.53. The van der Waals surface area contributed by atoms with E-state index in [9.17, 15) is 0 Å². The molecular formula is C20H42O5. The number of ether oxygens (including phenoxy) is 5. The second kappa shape index (κ2) is 21.8. The van der Waals surface area contributed by atoms with Crippen molar-refractivity contribution in [3.63, 3.8) is 0 Å². The third-order valence-electron chi connectivity index (χ3n) is 3.98. The molecule has 0 N–H and O–H groups in total. The molecule has 0 aliphatic carbocycles. The average molecular weight is 363 g/mol. The maximum Gasteiger partial charge on any atom is 0.0701 e. The molecule has 0 bridgehead atoms. The summed E-state index contributed by atoms with van der Waals surface area (Å²) in [6.45, 7) is 13.3. The van der Waals surface area contributed by atoms with Crippen LogP contribution >= 0.6 is 0 Å². The minimum atomic E-state index is 0.600. The van der Waals surface area contributed by atoms with E-state index in [4.69, 9.17) is 23.7 Å². The molecule has 5 nitrogen and oxygen atoms in total. The van der Waals surface area contributed by atoms with Gasteiger partial charge in [0.25, 0.3) is 0 Å². The Balaban J connectivity index is 2.98. The van der Waals surface area contributed by atoms with Crippen LogP contribution < -0.4 is 0 Å². The molecule has 0 heterocycles. The van der Waals surface area contributed by atoms with Crippen molar-refractivity contribution in [3.05, 3.63) is 0 Å². The summed E-state index contributed by atoms with van der Waals surface area (Å²) in [5, 5.41) is 0. The molecule has 152 valence electrons. The maximum atomic E-state index is 5.53. The summed E-state index contributed by atoms with van der Waals surface area (Å²) in [5.41, 5.74) is 0. The van der Waals surface area contributed by atoms with Gasteiger partial charge in [-0.1, -0.05) is 52.9 Å². The van der Waals surface area contributed by atoms with Gasteiger partial charge in [-0.15, -0.1) is 0 Å². The van der Waals surface area contributed by atoms with Crippen LogP contribution in [0.15, 0.2) is 0 Å². The molecule has 0 aliphatic rings. The van der Waals surface area contributed by atoms with Gasteiger partial charge in [0.05, 0.1) is 52.9 Å². The van der Waals surface area contributed by atoms with E-state index in [2.05, 4.69) is 20.8 Å². The highest BCUT2D eigenvalue weighted by atomic mass is 16.6. The highest BCUT2D eigenvalue weighted by Crippen LogP contribution is 2.02. The van der Waals surface area contributed by atoms with E-state index in [1.807, 2.05) is 0 Å². The van der Waals surface area contributed by atoms with Crippen molar-refractivity contribution in [2.75, 3.05) is 66.1 Å². The summed E-state index contributed by atoms with van der Waals surface area (Å²) in [6, 6.07) is 0. The van der Waals surface area contributed by atoms with E-state index in [1.54, 1.807) is 0 Å². The van der Waals surface area contributed by atoms with Crippen molar-refractivity contribution in [1.29, 1.82) is 0 Å². The predicted octanol–water partition coefficient (Wildman–Crippen LogP) is 4.09. The van der Waals surface area contributed by atoms with Gasteiger partial charge in [0.1, 0.15) is 0 Å². The highest BCUT2D eigenvalue weighted by molar-refractivity contribution is 4.46. The van der Waals surface area contributed by atoms with Gasteiger partial charge in [-0.25, -0.2) is 0 Å². The first-order chi connectivity index (χ1) is 12.3. The van der Waals surface area contributed by atoms with E-state index in [0.29, 0.717) is 58.8 Å². The molecule has 0 aromatic heterocycles. The first-order valence-corrected chi connectivity index (χ1v) is 10.2. The number of rotatable bonds is 21. The third-order valence-corrected chi connectivity index (χ3v) is 3.98. The molecule has 0 radical (unpaired) electrons. The Labute approximate surface area is 155 Å². The Kier molecular flexibility index (Phi) is 21.7. The zero-order valence-electron chi connectivity index (χ0n) is 16.9. The average Bonchev–Trinajstić information content (AvgIpc) is 2.63. The largest absolute Gasteiger partial charge is 0.379 e. The van der Waals surface area contributed by atoms with Gasteiger partial charge >= 0.3 is 0 Å². The standard InChI is InChI=1S/C20H42O5/c1-4-6-7-8-9-10-21-11-12-22-13-14-23-15-16-24-17-18-25-19-20(3)5-2/h20H,4-19H2,1-3H3. The summed E-state index contributed by atoms with van der Waals surface area (Å²) < 4.78 is 27.4. The van der Waals surface area contributed by atoms with Crippen molar-refractivity contribution >= 4 is 0 Å². The van der Waals surface area contributed by atoms with Crippen LogP contribution in [0, 0.1) is 5.92 Å². The molecule has 0 rings (SSSR count). The Morgan fingerprint density at radius 2 is 0.960 bits per heavy atom. The lowest BCUT2D eigenvalue weighted by molar-refractivity contribution is -0.0133. The minimum absolute atomic E-state index is 0.600. The zero-order chi connectivity index (χ0) is 18.4. The number of hydrogen-bond donors (Lipinski definition) is 0. The summed E-state index contributed by atoms with van der Waals surface area (Å²) in [6.07, 6.45) is 7.53. The Hall–Kier alpha value is -0.200. The van der Waals surface area contributed by atoms with Gasteiger partial charge in [0, 0.05) is 13.2 Å². The smallest absolute Gasteiger partial charge is 0.0701 e. The molecule has 0 fully saturated rings. The van der Waals surface area contributed by atoms with Crippen LogP contribution in [-0.4, -0.2) is 66.1 Å². The fourth-order valence-electron chi connectivity index (χ4n) is 2.09. The summed E-state index contributed by atoms with van der Waals surface area (Å²) in [4.78, 5) is 0. The molecule has 1 atom stereocenters. The number of unbranched alkanes of at least 4 members (excludes halogenated alkanes) is 4. The molecule has 0 saturated carbocycles. The van der Waals surface area contributed by atoms with E-state index >= 15 is 0 Å². The molecule has 0 aromatic rings. The number of hydrogen-bond acceptors (Lipinski definition) is 5. The predicted molar refractivity (Wildman–Crippen MR) is 102 cm³/mol. The molecular weight excluding hydrogens is 320 g/mol. The first kappa shape index (κ1) is 24.8. The van der Waals surface area contributed by atoms with Gasteiger partial charge in [-0.3, -0.25) is 0 Å². The second-order valence-electron chi connectivity index (χ2n) is 6.45. The van der Waals surface area contributed by atoms with Crippen LogP contribution in [0.2, 0.25) is 0 Å². The molecule has 0 aromatic carbocycles. The fourth-order valence-corrected chi connectivity index (χ4v) is 2.09. The van der Waals surface area contributed by atoms with E-state index in [-0.39, 0.29) is 0 Å². The van der Waals surface area contributed by atoms with Crippen molar-refractivity contribution in [2.24, 2.45) is 5.92 Å².